The Hall–Kier alpha value is -2.24. The molecule has 0 saturated heterocycles. The van der Waals surface area contributed by atoms with Crippen LogP contribution in [0.2, 0.25) is 0 Å². The number of methoxy groups -OCH3 is 1. The molecule has 6 heteroatoms. The maximum Gasteiger partial charge on any atom is 0.310 e. The fraction of sp³-hybridized carbons (Fsp3) is 0.286. The van der Waals surface area contributed by atoms with Crippen molar-refractivity contribution in [2.45, 2.75) is 19.8 Å². The maximum atomic E-state index is 13.4. The molecule has 2 N–H and O–H groups in total. The minimum Gasteiger partial charge on any atom is -0.469 e. The van der Waals surface area contributed by atoms with Crippen molar-refractivity contribution in [2.24, 2.45) is 0 Å². The highest BCUT2D eigenvalue weighted by Crippen LogP contribution is 2.33. The molecule has 0 bridgehead atoms. The first-order chi connectivity index (χ1) is 9.43. The Morgan fingerprint density at radius 2 is 2.15 bits per heavy atom. The summed E-state index contributed by atoms with van der Waals surface area (Å²) in [7, 11) is 1.22. The van der Waals surface area contributed by atoms with Crippen molar-refractivity contribution in [3.8, 4) is 0 Å². The lowest BCUT2D eigenvalue weighted by atomic mass is 9.98. The number of hydrogen-bond donors (Lipinski definition) is 1. The van der Waals surface area contributed by atoms with Gasteiger partial charge in [-0.2, -0.15) is 0 Å². The fourth-order valence-electron chi connectivity index (χ4n) is 2.16. The predicted octanol–water partition coefficient (Wildman–Crippen LogP) is 2.78. The van der Waals surface area contributed by atoms with Crippen LogP contribution in [0.5, 0.6) is 0 Å². The molecule has 0 saturated carbocycles. The number of pyridine rings is 1. The average molecular weight is 280 g/mol. The summed E-state index contributed by atoms with van der Waals surface area (Å²) >= 11 is 0. The van der Waals surface area contributed by atoms with E-state index in [2.05, 4.69) is 9.72 Å². The van der Waals surface area contributed by atoms with Gasteiger partial charge in [0.05, 0.1) is 19.0 Å². The summed E-state index contributed by atoms with van der Waals surface area (Å²) in [5.41, 5.74) is 6.89. The second-order valence-corrected chi connectivity index (χ2v) is 4.42. The number of aryl methyl sites for hydroxylation is 1. The molecule has 1 aromatic carbocycles. The van der Waals surface area contributed by atoms with Crippen molar-refractivity contribution in [3.05, 3.63) is 35.0 Å². The van der Waals surface area contributed by atoms with Crippen LogP contribution in [0, 0.1) is 6.92 Å². The number of hydrogen-bond acceptors (Lipinski definition) is 4. The van der Waals surface area contributed by atoms with Crippen LogP contribution in [0.3, 0.4) is 0 Å². The summed E-state index contributed by atoms with van der Waals surface area (Å²) in [5.74, 6) is -0.577. The zero-order chi connectivity index (χ0) is 14.9. The number of carbonyl (C=O) groups is 1. The van der Waals surface area contributed by atoms with Gasteiger partial charge in [-0.3, -0.25) is 9.78 Å². The number of nitrogens with two attached hydrogens (primary N) is 1. The van der Waals surface area contributed by atoms with Gasteiger partial charge >= 0.3 is 5.97 Å². The Labute approximate surface area is 114 Å². The number of anilines is 1. The van der Waals surface area contributed by atoms with Gasteiger partial charge in [0.25, 0.3) is 6.43 Å². The van der Waals surface area contributed by atoms with E-state index in [-0.39, 0.29) is 17.5 Å². The molecule has 0 unspecified atom stereocenters. The number of benzene rings is 1. The van der Waals surface area contributed by atoms with Crippen molar-refractivity contribution in [1.82, 2.24) is 4.98 Å². The third-order valence-electron chi connectivity index (χ3n) is 3.13. The minimum atomic E-state index is -2.71. The number of esters is 1. The largest absolute Gasteiger partial charge is 0.469 e. The van der Waals surface area contributed by atoms with Gasteiger partial charge in [-0.15, -0.1) is 0 Å². The van der Waals surface area contributed by atoms with Crippen LogP contribution in [0.15, 0.2) is 18.2 Å². The topological polar surface area (TPSA) is 65.2 Å². The molecule has 106 valence electrons. The van der Waals surface area contributed by atoms with Crippen LogP contribution in [0.25, 0.3) is 10.9 Å². The summed E-state index contributed by atoms with van der Waals surface area (Å²) in [6, 6.07) is 4.57. The molecular formula is C14H14F2N2O2. The van der Waals surface area contributed by atoms with E-state index in [1.807, 2.05) is 0 Å². The summed E-state index contributed by atoms with van der Waals surface area (Å²) < 4.78 is 31.3. The average Bonchev–Trinajstić information content (AvgIpc) is 2.38. The Balaban J connectivity index is 2.73. The number of nitrogen functional groups attached to an aromatic ring is 1. The molecule has 0 radical (unpaired) electrons. The first-order valence-electron chi connectivity index (χ1n) is 5.97. The Kier molecular flexibility index (Phi) is 3.83. The third-order valence-corrected chi connectivity index (χ3v) is 3.13. The van der Waals surface area contributed by atoms with Crippen LogP contribution >= 0.6 is 0 Å². The molecule has 1 heterocycles. The zero-order valence-corrected chi connectivity index (χ0v) is 11.1. The summed E-state index contributed by atoms with van der Waals surface area (Å²) in [6.07, 6.45) is -2.93. The second-order valence-electron chi connectivity index (χ2n) is 4.42. The third kappa shape index (κ3) is 2.54. The number of alkyl halides is 2. The first-order valence-corrected chi connectivity index (χ1v) is 5.97. The van der Waals surface area contributed by atoms with Crippen LogP contribution in [-0.4, -0.2) is 18.1 Å². The molecule has 0 aliphatic carbocycles. The molecule has 0 aliphatic heterocycles. The van der Waals surface area contributed by atoms with E-state index < -0.39 is 12.4 Å². The smallest absolute Gasteiger partial charge is 0.310 e. The second kappa shape index (κ2) is 5.40. The lowest BCUT2D eigenvalue weighted by Crippen LogP contribution is -2.11. The number of rotatable bonds is 3. The molecule has 4 nitrogen and oxygen atoms in total. The Morgan fingerprint density at radius 1 is 1.45 bits per heavy atom. The lowest BCUT2D eigenvalue weighted by Gasteiger charge is -2.14. The molecular weight excluding hydrogens is 266 g/mol. The van der Waals surface area contributed by atoms with E-state index in [1.54, 1.807) is 6.92 Å². The standard InChI is InChI=1S/C14H14F2N2O2/c1-7-10(6-12(19)20-2)13(14(15)16)9-4-3-8(17)5-11(9)18-7/h3-5,14H,6,17H2,1-2H3. The zero-order valence-electron chi connectivity index (χ0n) is 11.1. The van der Waals surface area contributed by atoms with Gasteiger partial charge in [0.1, 0.15) is 0 Å². The molecule has 0 aliphatic rings. The van der Waals surface area contributed by atoms with Gasteiger partial charge in [-0.25, -0.2) is 8.78 Å². The molecule has 2 aromatic rings. The quantitative estimate of drug-likeness (QED) is 0.693. The molecule has 0 atom stereocenters. The molecule has 20 heavy (non-hydrogen) atoms. The first kappa shape index (κ1) is 14.2. The van der Waals surface area contributed by atoms with Gasteiger partial charge in [0.15, 0.2) is 0 Å². The molecule has 2 rings (SSSR count). The molecule has 0 amide bonds. The van der Waals surface area contributed by atoms with Gasteiger partial charge in [-0.1, -0.05) is 6.07 Å². The summed E-state index contributed by atoms with van der Waals surface area (Å²) in [4.78, 5) is 15.6. The number of fused-ring (bicyclic) bond motifs is 1. The van der Waals surface area contributed by atoms with E-state index >= 15 is 0 Å². The lowest BCUT2D eigenvalue weighted by molar-refractivity contribution is -0.139. The van der Waals surface area contributed by atoms with E-state index in [0.29, 0.717) is 22.3 Å². The number of aromatic nitrogens is 1. The monoisotopic (exact) mass is 280 g/mol. The van der Waals surface area contributed by atoms with Crippen LogP contribution in [0.1, 0.15) is 23.2 Å². The summed E-state index contributed by atoms with van der Waals surface area (Å²) in [6.45, 7) is 1.59. The number of halogens is 2. The van der Waals surface area contributed by atoms with E-state index in [1.165, 1.54) is 25.3 Å². The van der Waals surface area contributed by atoms with Gasteiger partial charge in [0.2, 0.25) is 0 Å². The Morgan fingerprint density at radius 3 is 2.75 bits per heavy atom. The molecule has 0 spiro atoms. The minimum absolute atomic E-state index is 0.182. The summed E-state index contributed by atoms with van der Waals surface area (Å²) in [5, 5.41) is 0.304. The predicted molar refractivity (Wildman–Crippen MR) is 71.6 cm³/mol. The van der Waals surface area contributed by atoms with Gasteiger partial charge in [0, 0.05) is 22.3 Å². The molecule has 1 aromatic heterocycles. The molecule has 0 fully saturated rings. The fourth-order valence-corrected chi connectivity index (χ4v) is 2.16. The van der Waals surface area contributed by atoms with E-state index in [4.69, 9.17) is 5.73 Å². The van der Waals surface area contributed by atoms with Crippen LogP contribution in [-0.2, 0) is 16.0 Å². The van der Waals surface area contributed by atoms with Crippen molar-refractivity contribution in [2.75, 3.05) is 12.8 Å². The maximum absolute atomic E-state index is 13.4. The van der Waals surface area contributed by atoms with Gasteiger partial charge in [-0.05, 0) is 24.6 Å². The number of ether oxygens (including phenoxy) is 1. The highest BCUT2D eigenvalue weighted by atomic mass is 19.3. The SMILES string of the molecule is COC(=O)Cc1c(C)nc2cc(N)ccc2c1C(F)F. The van der Waals surface area contributed by atoms with Crippen molar-refractivity contribution >= 4 is 22.6 Å². The van der Waals surface area contributed by atoms with Crippen LogP contribution in [0.4, 0.5) is 14.5 Å². The van der Waals surface area contributed by atoms with Crippen molar-refractivity contribution < 1.29 is 18.3 Å². The van der Waals surface area contributed by atoms with E-state index in [0.717, 1.165) is 0 Å². The van der Waals surface area contributed by atoms with Crippen molar-refractivity contribution in [3.63, 3.8) is 0 Å². The van der Waals surface area contributed by atoms with Gasteiger partial charge < -0.3 is 10.5 Å². The highest BCUT2D eigenvalue weighted by molar-refractivity contribution is 5.88. The number of nitrogens with zero attached hydrogens (tertiary/aromatic N) is 1. The van der Waals surface area contributed by atoms with Crippen molar-refractivity contribution in [1.29, 1.82) is 0 Å². The Bertz CT molecular complexity index is 672. The highest BCUT2D eigenvalue weighted by Gasteiger charge is 2.22. The van der Waals surface area contributed by atoms with E-state index in [9.17, 15) is 13.6 Å². The normalized spacial score (nSPS) is 11.1. The number of carbonyl (C=O) groups excluding carboxylic acids is 1. The van der Waals surface area contributed by atoms with Crippen LogP contribution < -0.4 is 5.73 Å².